The molecule has 3 aromatic rings. The standard InChI is InChI=1S/C51H66N8O6/c1-32(52-3)46(60)56-42(50(64)58-30-12-24-43(58)48(62)54-40-21-10-17-35-15-5-7-19-38(35)40)23-9-14-34-26-28-37(29-27-34)45(57-47(61)33(2)53-4)51(65)59-31-13-25-44(59)49(63)55-41-22-11-18-36-16-6-8-20-39(36)41/h5-9,14-16,19-20,26-29,32-33,40-45,52-53H,10-13,17-18,21-25,30-31H2,1-4H3,(H,54,62)(H,55,63)(H,56,60)(H,57,61)/t32-,33-,40+,41+,42-,43-,44-,45-/m0/s1. The predicted octanol–water partition coefficient (Wildman–Crippen LogP) is 4.32. The normalized spacial score (nSPS) is 22.2. The summed E-state index contributed by atoms with van der Waals surface area (Å²) in [6.07, 6.45) is 11.8. The molecule has 0 radical (unpaired) electrons. The van der Waals surface area contributed by atoms with Crippen molar-refractivity contribution in [1.29, 1.82) is 0 Å². The number of aryl methyl sites for hydroxylation is 2. The molecule has 2 aliphatic carbocycles. The van der Waals surface area contributed by atoms with Crippen molar-refractivity contribution in [2.75, 3.05) is 27.2 Å². The minimum absolute atomic E-state index is 0.109. The maximum absolute atomic E-state index is 14.5. The lowest BCUT2D eigenvalue weighted by Crippen LogP contribution is -2.55. The van der Waals surface area contributed by atoms with Crippen molar-refractivity contribution in [2.45, 2.75) is 133 Å². The second-order valence-corrected chi connectivity index (χ2v) is 18.0. The number of nitrogens with one attached hydrogen (secondary N) is 6. The highest BCUT2D eigenvalue weighted by atomic mass is 16.2. The number of likely N-dealkylation sites (N-methyl/N-ethyl adjacent to an activating group) is 2. The number of carbonyl (C=O) groups is 6. The van der Waals surface area contributed by atoms with Crippen molar-refractivity contribution in [1.82, 2.24) is 41.7 Å². The van der Waals surface area contributed by atoms with Crippen molar-refractivity contribution >= 4 is 41.5 Å². The molecule has 0 saturated carbocycles. The fourth-order valence-corrected chi connectivity index (χ4v) is 9.79. The number of rotatable bonds is 16. The number of likely N-dealkylation sites (tertiary alicyclic amines) is 2. The molecule has 2 heterocycles. The number of fused-ring (bicyclic) bond motifs is 2. The minimum Gasteiger partial charge on any atom is -0.347 e. The third-order valence-electron chi connectivity index (χ3n) is 13.8. The van der Waals surface area contributed by atoms with Gasteiger partial charge in [0.1, 0.15) is 24.2 Å². The number of hydrogen-bond acceptors (Lipinski definition) is 8. The molecule has 7 rings (SSSR count). The molecule has 2 saturated heterocycles. The fourth-order valence-electron chi connectivity index (χ4n) is 9.79. The molecule has 2 fully saturated rings. The van der Waals surface area contributed by atoms with E-state index in [1.54, 1.807) is 49.9 Å². The van der Waals surface area contributed by atoms with Gasteiger partial charge in [-0.15, -0.1) is 0 Å². The Balaban J connectivity index is 1.04. The van der Waals surface area contributed by atoms with E-state index in [2.05, 4.69) is 56.2 Å². The Labute approximate surface area is 383 Å². The van der Waals surface area contributed by atoms with Crippen molar-refractivity contribution in [3.05, 3.63) is 112 Å². The molecule has 14 nitrogen and oxygen atoms in total. The van der Waals surface area contributed by atoms with Crippen molar-refractivity contribution in [3.63, 3.8) is 0 Å². The molecule has 0 spiro atoms. The molecule has 346 valence electrons. The zero-order valence-corrected chi connectivity index (χ0v) is 38.2. The van der Waals surface area contributed by atoms with E-state index < -0.39 is 36.3 Å². The number of benzene rings is 3. The molecule has 0 aromatic heterocycles. The average molecular weight is 887 g/mol. The van der Waals surface area contributed by atoms with Crippen LogP contribution in [0.15, 0.2) is 78.9 Å². The first-order chi connectivity index (χ1) is 31.5. The topological polar surface area (TPSA) is 181 Å². The van der Waals surface area contributed by atoms with Gasteiger partial charge in [0.05, 0.1) is 24.2 Å². The highest BCUT2D eigenvalue weighted by Crippen LogP contribution is 2.32. The summed E-state index contributed by atoms with van der Waals surface area (Å²) in [6, 6.07) is 19.0. The zero-order valence-electron chi connectivity index (χ0n) is 38.2. The van der Waals surface area contributed by atoms with Gasteiger partial charge in [-0.05, 0) is 132 Å². The molecule has 8 atom stereocenters. The van der Waals surface area contributed by atoms with Crippen LogP contribution in [0, 0.1) is 0 Å². The third-order valence-corrected chi connectivity index (χ3v) is 13.8. The quantitative estimate of drug-likeness (QED) is 0.123. The van der Waals surface area contributed by atoms with E-state index in [0.29, 0.717) is 44.3 Å². The third kappa shape index (κ3) is 11.2. The first-order valence-corrected chi connectivity index (χ1v) is 23.6. The van der Waals surface area contributed by atoms with Crippen LogP contribution in [0.25, 0.3) is 6.08 Å². The summed E-state index contributed by atoms with van der Waals surface area (Å²) in [6.45, 7) is 4.25. The van der Waals surface area contributed by atoms with Gasteiger partial charge in [-0.1, -0.05) is 84.9 Å². The van der Waals surface area contributed by atoms with Gasteiger partial charge in [0.2, 0.25) is 35.4 Å². The average Bonchev–Trinajstić information content (AvgIpc) is 4.04. The van der Waals surface area contributed by atoms with Crippen LogP contribution >= 0.6 is 0 Å². The van der Waals surface area contributed by atoms with Crippen LogP contribution in [0.5, 0.6) is 0 Å². The zero-order chi connectivity index (χ0) is 46.0. The van der Waals surface area contributed by atoms with Gasteiger partial charge in [0, 0.05) is 13.1 Å². The molecule has 0 bridgehead atoms. The Kier molecular flexibility index (Phi) is 15.9. The van der Waals surface area contributed by atoms with Gasteiger partial charge in [-0.25, -0.2) is 0 Å². The van der Waals surface area contributed by atoms with Gasteiger partial charge >= 0.3 is 0 Å². The van der Waals surface area contributed by atoms with Crippen molar-refractivity contribution in [2.24, 2.45) is 0 Å². The maximum Gasteiger partial charge on any atom is 0.250 e. The van der Waals surface area contributed by atoms with E-state index in [-0.39, 0.29) is 53.9 Å². The lowest BCUT2D eigenvalue weighted by Gasteiger charge is -2.32. The van der Waals surface area contributed by atoms with E-state index >= 15 is 0 Å². The molecule has 3 aromatic carbocycles. The molecule has 4 aliphatic rings. The molecule has 14 heteroatoms. The van der Waals surface area contributed by atoms with Crippen LogP contribution in [0.2, 0.25) is 0 Å². The van der Waals surface area contributed by atoms with E-state index in [1.807, 2.05) is 48.6 Å². The van der Waals surface area contributed by atoms with Crippen LogP contribution in [-0.2, 0) is 41.6 Å². The SMILES string of the molecule is CN[C@@H](C)C(=O)N[C@@H](CC=Cc1ccc([C@H](NC(=O)[C@H](C)NC)C(=O)N2CCC[C@H]2C(=O)N[C@@H]2CCCc3ccccc32)cc1)C(=O)N1CCC[C@H]1C(=O)N[C@@H]1CCCc2ccccc21. The summed E-state index contributed by atoms with van der Waals surface area (Å²) in [5.74, 6) is -1.70. The molecule has 2 aliphatic heterocycles. The van der Waals surface area contributed by atoms with Gasteiger partial charge in [0.25, 0.3) is 0 Å². The van der Waals surface area contributed by atoms with Crippen LogP contribution in [0.1, 0.15) is 123 Å². The predicted molar refractivity (Wildman–Crippen MR) is 250 cm³/mol. The highest BCUT2D eigenvalue weighted by molar-refractivity contribution is 5.95. The molecule has 0 unspecified atom stereocenters. The smallest absolute Gasteiger partial charge is 0.250 e. The summed E-state index contributed by atoms with van der Waals surface area (Å²) in [7, 11) is 3.35. The van der Waals surface area contributed by atoms with E-state index in [9.17, 15) is 28.8 Å². The minimum atomic E-state index is -1.04. The van der Waals surface area contributed by atoms with E-state index in [1.165, 1.54) is 11.1 Å². The first kappa shape index (κ1) is 47.1. The van der Waals surface area contributed by atoms with Gasteiger partial charge in [-0.2, -0.15) is 0 Å². The summed E-state index contributed by atoms with van der Waals surface area (Å²) < 4.78 is 0. The van der Waals surface area contributed by atoms with Crippen LogP contribution in [0.4, 0.5) is 0 Å². The lowest BCUT2D eigenvalue weighted by atomic mass is 9.87. The largest absolute Gasteiger partial charge is 0.347 e. The van der Waals surface area contributed by atoms with Gasteiger partial charge in [0.15, 0.2) is 0 Å². The van der Waals surface area contributed by atoms with Crippen LogP contribution in [-0.4, -0.2) is 103 Å². The van der Waals surface area contributed by atoms with Gasteiger partial charge < -0.3 is 41.7 Å². The Bertz CT molecular complexity index is 2230. The Morgan fingerprint density at radius 1 is 0.615 bits per heavy atom. The number of hydrogen-bond donors (Lipinski definition) is 6. The molecule has 65 heavy (non-hydrogen) atoms. The van der Waals surface area contributed by atoms with Crippen molar-refractivity contribution in [3.8, 4) is 0 Å². The Morgan fingerprint density at radius 3 is 1.63 bits per heavy atom. The monoisotopic (exact) mass is 887 g/mol. The summed E-state index contributed by atoms with van der Waals surface area (Å²) in [5, 5.41) is 18.2. The molecule has 6 amide bonds. The first-order valence-electron chi connectivity index (χ1n) is 23.6. The summed E-state index contributed by atoms with van der Waals surface area (Å²) >= 11 is 0. The van der Waals surface area contributed by atoms with E-state index in [4.69, 9.17) is 0 Å². The van der Waals surface area contributed by atoms with E-state index in [0.717, 1.165) is 55.2 Å². The summed E-state index contributed by atoms with van der Waals surface area (Å²) in [4.78, 5) is 86.1. The maximum atomic E-state index is 14.5. The molecular formula is C51H66N8O6. The summed E-state index contributed by atoms with van der Waals surface area (Å²) in [5.41, 5.74) is 6.06. The number of carbonyl (C=O) groups excluding carboxylic acids is 6. The lowest BCUT2D eigenvalue weighted by molar-refractivity contribution is -0.142. The Hall–Kier alpha value is -5.86. The second-order valence-electron chi connectivity index (χ2n) is 18.0. The van der Waals surface area contributed by atoms with Crippen LogP contribution in [0.3, 0.4) is 0 Å². The number of nitrogens with zero attached hydrogens (tertiary/aromatic N) is 2. The fraction of sp³-hybridized carbons (Fsp3) is 0.490. The molecule has 6 N–H and O–H groups in total. The Morgan fingerprint density at radius 2 is 1.11 bits per heavy atom. The van der Waals surface area contributed by atoms with Crippen LogP contribution < -0.4 is 31.9 Å². The van der Waals surface area contributed by atoms with Gasteiger partial charge in [-0.3, -0.25) is 28.8 Å². The highest BCUT2D eigenvalue weighted by Gasteiger charge is 2.41. The second kappa shape index (κ2) is 21.9. The molecular weight excluding hydrogens is 821 g/mol. The number of amides is 6. The van der Waals surface area contributed by atoms with Crippen molar-refractivity contribution < 1.29 is 28.8 Å².